The summed E-state index contributed by atoms with van der Waals surface area (Å²) in [6, 6.07) is 0. The highest BCUT2D eigenvalue weighted by Crippen LogP contribution is 2.17. The zero-order valence-corrected chi connectivity index (χ0v) is 8.04. The second-order valence-electron chi connectivity index (χ2n) is 2.49. The largest absolute Gasteiger partial charge is 0.358 e. The van der Waals surface area contributed by atoms with Crippen LogP contribution in [0.25, 0.3) is 0 Å². The lowest BCUT2D eigenvalue weighted by molar-refractivity contribution is -0.390. The molecule has 66 valence electrons. The van der Waals surface area contributed by atoms with Gasteiger partial charge >= 0.3 is 5.82 Å². The molecule has 6 heteroatoms. The van der Waals surface area contributed by atoms with Crippen molar-refractivity contribution in [1.29, 1.82) is 0 Å². The Balaban J connectivity index is 2.84. The molecule has 0 radical (unpaired) electrons. The van der Waals surface area contributed by atoms with Gasteiger partial charge in [-0.15, -0.1) is 5.10 Å². The van der Waals surface area contributed by atoms with Gasteiger partial charge in [0.05, 0.1) is 11.8 Å². The van der Waals surface area contributed by atoms with E-state index in [9.17, 15) is 10.1 Å². The predicted molar refractivity (Wildman–Crippen MR) is 47.3 cm³/mol. The van der Waals surface area contributed by atoms with Crippen molar-refractivity contribution in [3.8, 4) is 0 Å². The summed E-state index contributed by atoms with van der Waals surface area (Å²) in [6.45, 7) is 1.93. The van der Waals surface area contributed by atoms with Crippen LogP contribution in [0.2, 0.25) is 0 Å². The Morgan fingerprint density at radius 3 is 3.08 bits per heavy atom. The zero-order valence-electron chi connectivity index (χ0n) is 6.45. The Morgan fingerprint density at radius 2 is 2.58 bits per heavy atom. The molecule has 0 aliphatic carbocycles. The Morgan fingerprint density at radius 1 is 1.92 bits per heavy atom. The third-order valence-corrected chi connectivity index (χ3v) is 1.70. The third-order valence-electron chi connectivity index (χ3n) is 1.38. The maximum Gasteiger partial charge on any atom is 0.345 e. The van der Waals surface area contributed by atoms with Crippen LogP contribution in [0.3, 0.4) is 0 Å². The molecule has 0 aromatic carbocycles. The van der Waals surface area contributed by atoms with Crippen molar-refractivity contribution in [2.75, 3.05) is 0 Å². The van der Waals surface area contributed by atoms with E-state index >= 15 is 0 Å². The first-order valence-corrected chi connectivity index (χ1v) is 4.33. The molecular weight excluding hydrogens is 226 g/mol. The van der Waals surface area contributed by atoms with Crippen molar-refractivity contribution in [2.24, 2.45) is 0 Å². The van der Waals surface area contributed by atoms with Gasteiger partial charge in [-0.2, -0.15) is 0 Å². The first kappa shape index (κ1) is 9.18. The van der Waals surface area contributed by atoms with Crippen molar-refractivity contribution in [3.05, 3.63) is 21.9 Å². The van der Waals surface area contributed by atoms with Crippen molar-refractivity contribution < 1.29 is 4.92 Å². The van der Waals surface area contributed by atoms with Gasteiger partial charge in [0, 0.05) is 4.83 Å². The summed E-state index contributed by atoms with van der Waals surface area (Å²) in [5.41, 5.74) is 0.629. The van der Waals surface area contributed by atoms with Gasteiger partial charge in [-0.3, -0.25) is 0 Å². The Bertz CT molecular complexity index is 284. The molecule has 0 fully saturated rings. The molecule has 0 bridgehead atoms. The second-order valence-corrected chi connectivity index (χ2v) is 4.05. The van der Waals surface area contributed by atoms with Crippen LogP contribution in [0.4, 0.5) is 5.82 Å². The molecule has 0 saturated carbocycles. The molecule has 12 heavy (non-hydrogen) atoms. The van der Waals surface area contributed by atoms with Gasteiger partial charge in [0.15, 0.2) is 0 Å². The molecule has 0 aliphatic heterocycles. The van der Waals surface area contributed by atoms with Crippen LogP contribution >= 0.6 is 15.9 Å². The smallest absolute Gasteiger partial charge is 0.345 e. The fourth-order valence-corrected chi connectivity index (χ4v) is 1.26. The summed E-state index contributed by atoms with van der Waals surface area (Å²) >= 11 is 3.31. The number of nitro groups is 1. The summed E-state index contributed by atoms with van der Waals surface area (Å²) in [7, 11) is 0. The summed E-state index contributed by atoms with van der Waals surface area (Å²) < 4.78 is 0. The molecule has 1 N–H and O–H groups in total. The Hall–Kier alpha value is -0.910. The van der Waals surface area contributed by atoms with E-state index < -0.39 is 4.92 Å². The lowest BCUT2D eigenvalue weighted by Crippen LogP contribution is -1.99. The molecule has 0 amide bonds. The van der Waals surface area contributed by atoms with E-state index in [2.05, 4.69) is 26.1 Å². The van der Waals surface area contributed by atoms with Crippen LogP contribution in [0.15, 0.2) is 6.20 Å². The number of nitrogens with one attached hydrogen (secondary N) is 1. The zero-order chi connectivity index (χ0) is 9.14. The maximum atomic E-state index is 10.4. The van der Waals surface area contributed by atoms with E-state index in [-0.39, 0.29) is 10.6 Å². The number of hydrogen-bond acceptors (Lipinski definition) is 3. The minimum Gasteiger partial charge on any atom is -0.358 e. The fourth-order valence-electron chi connectivity index (χ4n) is 0.915. The van der Waals surface area contributed by atoms with Gasteiger partial charge in [0.2, 0.25) is 0 Å². The number of alkyl halides is 1. The molecule has 1 unspecified atom stereocenters. The minimum absolute atomic E-state index is 0.0127. The highest BCUT2D eigenvalue weighted by molar-refractivity contribution is 9.09. The second kappa shape index (κ2) is 3.66. The number of rotatable bonds is 3. The number of nitrogens with zero attached hydrogens (tertiary/aromatic N) is 2. The quantitative estimate of drug-likeness (QED) is 0.490. The number of halogens is 1. The molecule has 1 atom stereocenters. The number of aromatic amines is 1. The average Bonchev–Trinajstić information content (AvgIpc) is 2.33. The van der Waals surface area contributed by atoms with E-state index in [4.69, 9.17) is 0 Å². The highest BCUT2D eigenvalue weighted by atomic mass is 79.9. The average molecular weight is 234 g/mol. The summed E-state index contributed by atoms with van der Waals surface area (Å²) in [6.07, 6.45) is 2.09. The summed E-state index contributed by atoms with van der Waals surface area (Å²) in [5.74, 6) is -0.0127. The van der Waals surface area contributed by atoms with Gasteiger partial charge in [0.1, 0.15) is 0 Å². The number of H-pyrrole nitrogens is 1. The highest BCUT2D eigenvalue weighted by Gasteiger charge is 2.15. The van der Waals surface area contributed by atoms with Crippen LogP contribution in [0.5, 0.6) is 0 Å². The molecule has 1 aromatic rings. The predicted octanol–water partition coefficient (Wildman–Crippen LogP) is 1.64. The van der Waals surface area contributed by atoms with Crippen LogP contribution in [-0.2, 0) is 6.42 Å². The van der Waals surface area contributed by atoms with Gasteiger partial charge in [0.25, 0.3) is 0 Å². The first-order valence-electron chi connectivity index (χ1n) is 3.42. The standard InChI is InChI=1S/C6H8BrN3O2/c1-4(7)2-5-3-8-9-6(5)10(11)12/h3-4H,2H2,1H3,(H,8,9). The lowest BCUT2D eigenvalue weighted by atomic mass is 10.2. The van der Waals surface area contributed by atoms with Crippen LogP contribution in [-0.4, -0.2) is 19.9 Å². The van der Waals surface area contributed by atoms with Crippen molar-refractivity contribution >= 4 is 21.7 Å². The number of hydrogen-bond donors (Lipinski definition) is 1. The van der Waals surface area contributed by atoms with Gasteiger partial charge in [-0.1, -0.05) is 28.0 Å². The minimum atomic E-state index is -0.461. The molecular formula is C6H8BrN3O2. The fraction of sp³-hybridized carbons (Fsp3) is 0.500. The Kier molecular flexibility index (Phi) is 2.80. The maximum absolute atomic E-state index is 10.4. The van der Waals surface area contributed by atoms with E-state index in [1.54, 1.807) is 0 Å². The molecule has 0 aliphatic rings. The summed E-state index contributed by atoms with van der Waals surface area (Å²) in [4.78, 5) is 10.1. The molecule has 1 heterocycles. The van der Waals surface area contributed by atoms with Crippen LogP contribution in [0, 0.1) is 10.1 Å². The summed E-state index contributed by atoms with van der Waals surface area (Å²) in [5, 5.41) is 16.3. The van der Waals surface area contributed by atoms with Crippen LogP contribution < -0.4 is 0 Å². The third kappa shape index (κ3) is 2.04. The van der Waals surface area contributed by atoms with Gasteiger partial charge in [-0.25, -0.2) is 0 Å². The molecule has 0 spiro atoms. The Labute approximate surface area is 77.4 Å². The van der Waals surface area contributed by atoms with Gasteiger partial charge in [-0.05, 0) is 11.3 Å². The van der Waals surface area contributed by atoms with E-state index in [0.717, 1.165) is 0 Å². The molecule has 1 aromatic heterocycles. The lowest BCUT2D eigenvalue weighted by Gasteiger charge is -1.98. The monoisotopic (exact) mass is 233 g/mol. The van der Waals surface area contributed by atoms with E-state index in [0.29, 0.717) is 12.0 Å². The topological polar surface area (TPSA) is 71.8 Å². The molecule has 0 saturated heterocycles. The van der Waals surface area contributed by atoms with E-state index in [1.807, 2.05) is 6.92 Å². The van der Waals surface area contributed by atoms with Crippen LogP contribution in [0.1, 0.15) is 12.5 Å². The number of aromatic nitrogens is 2. The SMILES string of the molecule is CC(Br)Cc1cn[nH]c1[N+](=O)[O-]. The van der Waals surface area contributed by atoms with Crippen molar-refractivity contribution in [2.45, 2.75) is 18.2 Å². The molecule has 1 rings (SSSR count). The normalized spacial score (nSPS) is 12.8. The molecule has 5 nitrogen and oxygen atoms in total. The van der Waals surface area contributed by atoms with Crippen molar-refractivity contribution in [3.63, 3.8) is 0 Å². The first-order chi connectivity index (χ1) is 5.61. The van der Waals surface area contributed by atoms with Gasteiger partial charge < -0.3 is 10.1 Å². The van der Waals surface area contributed by atoms with Crippen molar-refractivity contribution in [1.82, 2.24) is 10.2 Å². The van der Waals surface area contributed by atoms with E-state index in [1.165, 1.54) is 6.20 Å².